The van der Waals surface area contributed by atoms with E-state index in [9.17, 15) is 19.2 Å². The third-order valence-corrected chi connectivity index (χ3v) is 7.01. The molecule has 1 aliphatic rings. The fourth-order valence-corrected chi connectivity index (χ4v) is 4.61. The van der Waals surface area contributed by atoms with Crippen LogP contribution < -0.4 is 30.2 Å². The second kappa shape index (κ2) is 16.4. The zero-order valence-electron chi connectivity index (χ0n) is 25.5. The molecular formula is C31H42N4O8. The van der Waals surface area contributed by atoms with Gasteiger partial charge in [0.2, 0.25) is 17.7 Å². The maximum Gasteiger partial charge on any atom is 0.251 e. The molecule has 0 radical (unpaired) electrons. The van der Waals surface area contributed by atoms with Gasteiger partial charge in [0.05, 0.1) is 45.9 Å². The molecule has 4 amide bonds. The summed E-state index contributed by atoms with van der Waals surface area (Å²) in [7, 11) is 4.52. The van der Waals surface area contributed by atoms with Crippen molar-refractivity contribution in [3.05, 3.63) is 47.5 Å². The van der Waals surface area contributed by atoms with Gasteiger partial charge in [-0.25, -0.2) is 0 Å². The number of ether oxygens (including phenoxy) is 4. The number of nitrogens with zero attached hydrogens (tertiary/aromatic N) is 1. The van der Waals surface area contributed by atoms with Crippen LogP contribution >= 0.6 is 0 Å². The van der Waals surface area contributed by atoms with E-state index in [4.69, 9.17) is 18.9 Å². The van der Waals surface area contributed by atoms with Crippen LogP contribution in [0.5, 0.6) is 23.0 Å². The average molecular weight is 599 g/mol. The molecule has 0 spiro atoms. The summed E-state index contributed by atoms with van der Waals surface area (Å²) in [6.07, 6.45) is 1.25. The van der Waals surface area contributed by atoms with Gasteiger partial charge in [-0.2, -0.15) is 0 Å². The largest absolute Gasteiger partial charge is 0.496 e. The molecule has 234 valence electrons. The number of methoxy groups -OCH3 is 3. The Hall–Kier alpha value is -4.32. The normalized spacial score (nSPS) is 17.1. The molecule has 3 N–H and O–H groups in total. The Bertz CT molecular complexity index is 1280. The Kier molecular flexibility index (Phi) is 12.6. The van der Waals surface area contributed by atoms with E-state index in [1.54, 1.807) is 36.4 Å². The number of benzene rings is 2. The minimum absolute atomic E-state index is 0.0292. The second-order valence-electron chi connectivity index (χ2n) is 10.4. The third-order valence-electron chi connectivity index (χ3n) is 7.01. The minimum atomic E-state index is -0.847. The van der Waals surface area contributed by atoms with Crippen LogP contribution in [-0.2, 0) is 25.7 Å². The summed E-state index contributed by atoms with van der Waals surface area (Å²) in [5, 5.41) is 8.57. The van der Waals surface area contributed by atoms with Crippen molar-refractivity contribution in [1.82, 2.24) is 20.9 Å². The fraction of sp³-hybridized carbons (Fsp3) is 0.484. The molecule has 2 bridgehead atoms. The smallest absolute Gasteiger partial charge is 0.251 e. The number of hydrogen-bond donors (Lipinski definition) is 3. The van der Waals surface area contributed by atoms with Gasteiger partial charge in [-0.15, -0.1) is 0 Å². The lowest BCUT2D eigenvalue weighted by atomic mass is 10.0. The molecule has 1 atom stereocenters. The summed E-state index contributed by atoms with van der Waals surface area (Å²) in [5.41, 5.74) is 0.921. The van der Waals surface area contributed by atoms with Crippen LogP contribution in [0.25, 0.3) is 0 Å². The molecule has 0 fully saturated rings. The number of rotatable bonds is 6. The van der Waals surface area contributed by atoms with Crippen LogP contribution in [0.3, 0.4) is 0 Å². The molecule has 0 saturated heterocycles. The Morgan fingerprint density at radius 2 is 1.77 bits per heavy atom. The van der Waals surface area contributed by atoms with Crippen molar-refractivity contribution in [2.45, 2.75) is 45.7 Å². The molecule has 3 rings (SSSR count). The van der Waals surface area contributed by atoms with E-state index >= 15 is 0 Å². The van der Waals surface area contributed by atoms with Gasteiger partial charge in [-0.05, 0) is 49.1 Å². The number of amides is 4. The summed E-state index contributed by atoms with van der Waals surface area (Å²) in [6.45, 7) is 4.38. The summed E-state index contributed by atoms with van der Waals surface area (Å²) >= 11 is 0. The number of carbonyl (C=O) groups is 4. The molecule has 0 aliphatic carbocycles. The standard InChI is InChI=1S/C31H42N4O8/c1-20(2)29-31(39)33-18-22-23(41-4)9-8-10-24(22)43-26-17-21(11-12-25(26)42-5)30(38)32-14-6-7-15-35(19-27(36)34-29)28(37)13-16-40-3/h8-12,17,20,29H,6-7,13-16,18-19H2,1-5H3,(H,32,38)(H,33,39)(H,34,36)/t29-/m1/s1. The van der Waals surface area contributed by atoms with Crippen LogP contribution in [0, 0.1) is 5.92 Å². The van der Waals surface area contributed by atoms with Crippen LogP contribution in [0.1, 0.15) is 49.0 Å². The van der Waals surface area contributed by atoms with Gasteiger partial charge in [0.25, 0.3) is 5.91 Å². The summed E-state index contributed by atoms with van der Waals surface area (Å²) in [6, 6.07) is 9.24. The van der Waals surface area contributed by atoms with Crippen LogP contribution in [0.2, 0.25) is 0 Å². The number of hydrogen-bond acceptors (Lipinski definition) is 8. The van der Waals surface area contributed by atoms with E-state index in [0.29, 0.717) is 60.1 Å². The van der Waals surface area contributed by atoms with Gasteiger partial charge in [-0.1, -0.05) is 19.9 Å². The SMILES string of the molecule is COCCC(=O)N1CCCCNC(=O)c2ccc(OC)c(c2)Oc2cccc(OC)c2CNC(=O)[C@@H](C(C)C)NC(=O)C1. The van der Waals surface area contributed by atoms with Crippen LogP contribution in [0.4, 0.5) is 0 Å². The Balaban J connectivity index is 1.97. The first-order valence-electron chi connectivity index (χ1n) is 14.3. The predicted molar refractivity (Wildman–Crippen MR) is 159 cm³/mol. The van der Waals surface area contributed by atoms with Crippen molar-refractivity contribution < 1.29 is 38.1 Å². The monoisotopic (exact) mass is 598 g/mol. The van der Waals surface area contributed by atoms with Crippen molar-refractivity contribution in [3.63, 3.8) is 0 Å². The highest BCUT2D eigenvalue weighted by Crippen LogP contribution is 2.37. The summed E-state index contributed by atoms with van der Waals surface area (Å²) in [5.74, 6) is -0.0280. The molecule has 0 saturated carbocycles. The summed E-state index contributed by atoms with van der Waals surface area (Å²) < 4.78 is 22.3. The third kappa shape index (κ3) is 9.34. The van der Waals surface area contributed by atoms with Gasteiger partial charge in [0.1, 0.15) is 17.5 Å². The van der Waals surface area contributed by atoms with Crippen molar-refractivity contribution in [3.8, 4) is 23.0 Å². The average Bonchev–Trinajstić information content (AvgIpc) is 2.99. The molecule has 1 aliphatic heterocycles. The van der Waals surface area contributed by atoms with Crippen molar-refractivity contribution in [1.29, 1.82) is 0 Å². The topological polar surface area (TPSA) is 145 Å². The number of carbonyl (C=O) groups excluding carboxylic acids is 4. The highest BCUT2D eigenvalue weighted by atomic mass is 16.5. The molecule has 12 heteroatoms. The van der Waals surface area contributed by atoms with E-state index in [0.717, 1.165) is 0 Å². The maximum atomic E-state index is 13.4. The zero-order chi connectivity index (χ0) is 31.4. The fourth-order valence-electron chi connectivity index (χ4n) is 4.61. The number of nitrogens with one attached hydrogen (secondary N) is 3. The first kappa shape index (κ1) is 33.2. The second-order valence-corrected chi connectivity index (χ2v) is 10.4. The zero-order valence-corrected chi connectivity index (χ0v) is 25.5. The molecule has 2 aromatic carbocycles. The molecular weight excluding hydrogens is 556 g/mol. The summed E-state index contributed by atoms with van der Waals surface area (Å²) in [4.78, 5) is 53.7. The predicted octanol–water partition coefficient (Wildman–Crippen LogP) is 2.64. The van der Waals surface area contributed by atoms with Crippen LogP contribution in [0.15, 0.2) is 36.4 Å². The lowest BCUT2D eigenvalue weighted by molar-refractivity contribution is -0.138. The van der Waals surface area contributed by atoms with E-state index in [1.165, 1.54) is 26.2 Å². The first-order chi connectivity index (χ1) is 20.7. The van der Waals surface area contributed by atoms with Gasteiger partial charge in [0.15, 0.2) is 11.5 Å². The molecule has 0 unspecified atom stereocenters. The first-order valence-corrected chi connectivity index (χ1v) is 14.3. The van der Waals surface area contributed by atoms with Gasteiger partial charge >= 0.3 is 0 Å². The molecule has 1 heterocycles. The quantitative estimate of drug-likeness (QED) is 0.461. The molecule has 43 heavy (non-hydrogen) atoms. The highest BCUT2D eigenvalue weighted by molar-refractivity contribution is 5.95. The lowest BCUT2D eigenvalue weighted by Crippen LogP contribution is -2.52. The Labute approximate surface area is 252 Å². The minimum Gasteiger partial charge on any atom is -0.496 e. The van der Waals surface area contributed by atoms with Gasteiger partial charge < -0.3 is 39.8 Å². The Morgan fingerprint density at radius 3 is 2.47 bits per heavy atom. The van der Waals surface area contributed by atoms with Crippen molar-refractivity contribution in [2.24, 2.45) is 5.92 Å². The van der Waals surface area contributed by atoms with Gasteiger partial charge in [0, 0.05) is 25.8 Å². The van der Waals surface area contributed by atoms with E-state index in [-0.39, 0.29) is 43.8 Å². The maximum absolute atomic E-state index is 13.4. The molecule has 12 nitrogen and oxygen atoms in total. The van der Waals surface area contributed by atoms with E-state index in [1.807, 2.05) is 13.8 Å². The Morgan fingerprint density at radius 1 is 1.00 bits per heavy atom. The van der Waals surface area contributed by atoms with E-state index < -0.39 is 17.9 Å². The van der Waals surface area contributed by atoms with Crippen molar-refractivity contribution in [2.75, 3.05) is 47.6 Å². The molecule has 0 aromatic heterocycles. The van der Waals surface area contributed by atoms with Crippen LogP contribution in [-0.4, -0.2) is 82.1 Å². The van der Waals surface area contributed by atoms with Gasteiger partial charge in [-0.3, -0.25) is 19.2 Å². The lowest BCUT2D eigenvalue weighted by Gasteiger charge is -2.26. The van der Waals surface area contributed by atoms with E-state index in [2.05, 4.69) is 16.0 Å². The highest BCUT2D eigenvalue weighted by Gasteiger charge is 2.27. The molecule has 2 aromatic rings. The van der Waals surface area contributed by atoms with Crippen molar-refractivity contribution >= 4 is 23.6 Å². The number of fused-ring (bicyclic) bond motifs is 3.